The molecular weight excluding hydrogens is 440 g/mol. The largest absolute Gasteiger partial charge is 0.490 e. The summed E-state index contributed by atoms with van der Waals surface area (Å²) in [5.41, 5.74) is 0.887. The van der Waals surface area contributed by atoms with Crippen molar-refractivity contribution in [2.24, 2.45) is 5.10 Å². The third-order valence-corrected chi connectivity index (χ3v) is 5.48. The van der Waals surface area contributed by atoms with Crippen LogP contribution in [0.5, 0.6) is 11.5 Å². The number of halogens is 1. The van der Waals surface area contributed by atoms with Gasteiger partial charge in [0.1, 0.15) is 0 Å². The third-order valence-electron chi connectivity index (χ3n) is 3.99. The first-order chi connectivity index (χ1) is 14.9. The van der Waals surface area contributed by atoms with Gasteiger partial charge in [-0.2, -0.15) is 13.5 Å². The molecule has 9 heteroatoms. The van der Waals surface area contributed by atoms with Gasteiger partial charge >= 0.3 is 5.97 Å². The number of carbonyl (C=O) groups is 1. The fraction of sp³-hybridized carbons (Fsp3) is 0.0909. The van der Waals surface area contributed by atoms with Crippen LogP contribution in [0, 0.1) is 0 Å². The molecule has 160 valence electrons. The molecule has 31 heavy (non-hydrogen) atoms. The average Bonchev–Trinajstić information content (AvgIpc) is 2.76. The summed E-state index contributed by atoms with van der Waals surface area (Å²) in [6.45, 7) is 2.13. The van der Waals surface area contributed by atoms with Crippen LogP contribution in [0.15, 0.2) is 82.8 Å². The summed E-state index contributed by atoms with van der Waals surface area (Å²) in [5.74, 6) is -0.0156. The van der Waals surface area contributed by atoms with Gasteiger partial charge in [-0.1, -0.05) is 29.8 Å². The van der Waals surface area contributed by atoms with Crippen LogP contribution in [-0.4, -0.2) is 27.2 Å². The number of hydrogen-bond donors (Lipinski definition) is 1. The Morgan fingerprint density at radius 1 is 1.03 bits per heavy atom. The lowest BCUT2D eigenvalue weighted by molar-refractivity contribution is 0.0728. The summed E-state index contributed by atoms with van der Waals surface area (Å²) in [7, 11) is -3.77. The summed E-state index contributed by atoms with van der Waals surface area (Å²) < 4.78 is 35.4. The van der Waals surface area contributed by atoms with Gasteiger partial charge in [0.15, 0.2) is 11.5 Å². The molecule has 0 aliphatic heterocycles. The van der Waals surface area contributed by atoms with Gasteiger partial charge in [-0.15, -0.1) is 0 Å². The molecule has 0 bridgehead atoms. The normalized spacial score (nSPS) is 11.3. The van der Waals surface area contributed by atoms with E-state index in [0.717, 1.165) is 0 Å². The Morgan fingerprint density at radius 2 is 1.74 bits per heavy atom. The maximum atomic E-state index is 12.4. The Kier molecular flexibility index (Phi) is 7.28. The van der Waals surface area contributed by atoms with E-state index in [4.69, 9.17) is 21.1 Å². The Morgan fingerprint density at radius 3 is 2.42 bits per heavy atom. The molecule has 0 saturated carbocycles. The van der Waals surface area contributed by atoms with Gasteiger partial charge in [0, 0.05) is 5.02 Å². The molecule has 7 nitrogen and oxygen atoms in total. The topological polar surface area (TPSA) is 94.1 Å². The molecule has 0 amide bonds. The van der Waals surface area contributed by atoms with Crippen molar-refractivity contribution in [1.29, 1.82) is 0 Å². The summed E-state index contributed by atoms with van der Waals surface area (Å²) in [6, 6.07) is 19.0. The second-order valence-electron chi connectivity index (χ2n) is 6.20. The minimum atomic E-state index is -3.77. The monoisotopic (exact) mass is 458 g/mol. The Balaban J connectivity index is 1.74. The second-order valence-corrected chi connectivity index (χ2v) is 8.30. The number of hydrogen-bond acceptors (Lipinski definition) is 6. The Labute approximate surface area is 185 Å². The van der Waals surface area contributed by atoms with E-state index in [1.165, 1.54) is 18.3 Å². The molecule has 0 saturated heterocycles. The van der Waals surface area contributed by atoms with Crippen molar-refractivity contribution < 1.29 is 22.7 Å². The minimum Gasteiger partial charge on any atom is -0.490 e. The average molecular weight is 459 g/mol. The minimum absolute atomic E-state index is 0.103. The fourth-order valence-electron chi connectivity index (χ4n) is 2.52. The third kappa shape index (κ3) is 6.07. The molecule has 0 fully saturated rings. The van der Waals surface area contributed by atoms with E-state index >= 15 is 0 Å². The Hall–Kier alpha value is -3.36. The Bertz CT molecular complexity index is 1180. The number of benzene rings is 3. The van der Waals surface area contributed by atoms with E-state index in [9.17, 15) is 13.2 Å². The molecule has 0 heterocycles. The molecule has 0 aliphatic rings. The number of rotatable bonds is 8. The highest BCUT2D eigenvalue weighted by molar-refractivity contribution is 7.89. The molecule has 0 aliphatic carbocycles. The van der Waals surface area contributed by atoms with Crippen molar-refractivity contribution in [1.82, 2.24) is 4.83 Å². The van der Waals surface area contributed by atoms with Gasteiger partial charge in [-0.25, -0.2) is 9.63 Å². The molecule has 3 aromatic carbocycles. The number of sulfonamides is 1. The van der Waals surface area contributed by atoms with E-state index in [-0.39, 0.29) is 10.6 Å². The van der Waals surface area contributed by atoms with Crippen LogP contribution in [0.2, 0.25) is 5.02 Å². The number of nitrogens with zero attached hydrogens (tertiary/aromatic N) is 1. The summed E-state index contributed by atoms with van der Waals surface area (Å²) in [6.07, 6.45) is 1.33. The van der Waals surface area contributed by atoms with Crippen LogP contribution in [0.25, 0.3) is 0 Å². The fourth-order valence-corrected chi connectivity index (χ4v) is 3.46. The number of ether oxygens (including phenoxy) is 2. The zero-order chi connectivity index (χ0) is 22.3. The first-order valence-electron chi connectivity index (χ1n) is 9.23. The maximum Gasteiger partial charge on any atom is 0.343 e. The number of nitrogens with one attached hydrogen (secondary N) is 1. The van der Waals surface area contributed by atoms with Crippen LogP contribution in [-0.2, 0) is 10.0 Å². The van der Waals surface area contributed by atoms with Crippen LogP contribution in [0.3, 0.4) is 0 Å². The van der Waals surface area contributed by atoms with Crippen molar-refractivity contribution >= 4 is 33.8 Å². The SMILES string of the molecule is CCOc1cc(/C=N\NS(=O)(=O)c2ccccc2)ccc1OC(=O)c1ccc(Cl)cc1. The quantitative estimate of drug-likeness (QED) is 0.235. The van der Waals surface area contributed by atoms with Crippen LogP contribution < -0.4 is 14.3 Å². The molecule has 0 atom stereocenters. The molecular formula is C22H19ClN2O5S. The molecule has 0 spiro atoms. The maximum absolute atomic E-state index is 12.4. The van der Waals surface area contributed by atoms with E-state index in [1.807, 2.05) is 0 Å². The highest BCUT2D eigenvalue weighted by Gasteiger charge is 2.14. The van der Waals surface area contributed by atoms with E-state index < -0.39 is 16.0 Å². The molecule has 0 aromatic heterocycles. The molecule has 3 aromatic rings. The number of esters is 1. The van der Waals surface area contributed by atoms with Crippen LogP contribution in [0.4, 0.5) is 0 Å². The highest BCUT2D eigenvalue weighted by atomic mass is 35.5. The highest BCUT2D eigenvalue weighted by Crippen LogP contribution is 2.29. The smallest absolute Gasteiger partial charge is 0.343 e. The number of carbonyl (C=O) groups excluding carboxylic acids is 1. The van der Waals surface area contributed by atoms with E-state index in [1.54, 1.807) is 67.6 Å². The van der Waals surface area contributed by atoms with Crippen molar-refractivity contribution in [2.75, 3.05) is 6.61 Å². The van der Waals surface area contributed by atoms with Gasteiger partial charge in [0.05, 0.1) is 23.3 Å². The van der Waals surface area contributed by atoms with E-state index in [0.29, 0.717) is 28.5 Å². The number of hydrazone groups is 1. The van der Waals surface area contributed by atoms with Crippen molar-refractivity contribution in [3.8, 4) is 11.5 Å². The zero-order valence-electron chi connectivity index (χ0n) is 16.5. The lowest BCUT2D eigenvalue weighted by atomic mass is 10.2. The summed E-state index contributed by atoms with van der Waals surface area (Å²) in [5, 5.41) is 4.31. The second kappa shape index (κ2) is 10.1. The van der Waals surface area contributed by atoms with Gasteiger partial charge in [-0.3, -0.25) is 0 Å². The van der Waals surface area contributed by atoms with Gasteiger partial charge in [0.2, 0.25) is 0 Å². The van der Waals surface area contributed by atoms with Gasteiger partial charge in [0.25, 0.3) is 10.0 Å². The van der Waals surface area contributed by atoms with Crippen LogP contribution >= 0.6 is 11.6 Å². The summed E-state index contributed by atoms with van der Waals surface area (Å²) >= 11 is 5.84. The summed E-state index contributed by atoms with van der Waals surface area (Å²) in [4.78, 5) is 14.6. The van der Waals surface area contributed by atoms with E-state index in [2.05, 4.69) is 9.93 Å². The predicted octanol–water partition coefficient (Wildman–Crippen LogP) is 4.27. The van der Waals surface area contributed by atoms with Crippen molar-refractivity contribution in [3.63, 3.8) is 0 Å². The van der Waals surface area contributed by atoms with Crippen molar-refractivity contribution in [3.05, 3.63) is 88.9 Å². The molecule has 0 radical (unpaired) electrons. The lowest BCUT2D eigenvalue weighted by Crippen LogP contribution is -2.18. The predicted molar refractivity (Wildman–Crippen MR) is 118 cm³/mol. The molecule has 3 rings (SSSR count). The standard InChI is InChI=1S/C22H19ClN2O5S/c1-2-29-21-14-16(15-24-25-31(27,28)19-6-4-3-5-7-19)8-13-20(21)30-22(26)17-9-11-18(23)12-10-17/h3-15,25H,2H2,1H3/b24-15-. The first kappa shape index (κ1) is 22.3. The van der Waals surface area contributed by atoms with Crippen molar-refractivity contribution in [2.45, 2.75) is 11.8 Å². The molecule has 0 unspecified atom stereocenters. The zero-order valence-corrected chi connectivity index (χ0v) is 18.1. The first-order valence-corrected chi connectivity index (χ1v) is 11.1. The van der Waals surface area contributed by atoms with Gasteiger partial charge < -0.3 is 9.47 Å². The lowest BCUT2D eigenvalue weighted by Gasteiger charge is -2.11. The van der Waals surface area contributed by atoms with Gasteiger partial charge in [-0.05, 0) is 67.1 Å². The molecule has 1 N–H and O–H groups in total. The van der Waals surface area contributed by atoms with Crippen LogP contribution in [0.1, 0.15) is 22.8 Å².